The van der Waals surface area contributed by atoms with Crippen LogP contribution >= 0.6 is 0 Å². The molecule has 1 rings (SSSR count). The standard InChI is InChI=1S/C17H29NO3S/c1-4-5-6-7-8-9-10-15-13-16(19)11-12-17(15)22(20,21)18-14(2)3/h11-14,18-19H,4-10H2,1-3H3. The Labute approximate surface area is 135 Å². The van der Waals surface area contributed by atoms with E-state index in [9.17, 15) is 13.5 Å². The van der Waals surface area contributed by atoms with Gasteiger partial charge in [0.05, 0.1) is 4.90 Å². The highest BCUT2D eigenvalue weighted by Crippen LogP contribution is 2.23. The van der Waals surface area contributed by atoms with Crippen LogP contribution in [0.4, 0.5) is 0 Å². The highest BCUT2D eigenvalue weighted by Gasteiger charge is 2.19. The molecule has 0 radical (unpaired) electrons. The molecule has 1 aromatic rings. The highest BCUT2D eigenvalue weighted by atomic mass is 32.2. The lowest BCUT2D eigenvalue weighted by molar-refractivity contribution is 0.473. The minimum Gasteiger partial charge on any atom is -0.508 e. The molecule has 0 saturated carbocycles. The number of hydrogen-bond donors (Lipinski definition) is 2. The minimum atomic E-state index is -3.52. The molecule has 1 aromatic carbocycles. The Kier molecular flexibility index (Phi) is 7.90. The second-order valence-corrected chi connectivity index (χ2v) is 7.77. The van der Waals surface area contributed by atoms with E-state index in [0.717, 1.165) is 12.8 Å². The van der Waals surface area contributed by atoms with Gasteiger partial charge < -0.3 is 5.11 Å². The first-order chi connectivity index (χ1) is 10.4. The Hall–Kier alpha value is -1.07. The molecule has 4 nitrogen and oxygen atoms in total. The van der Waals surface area contributed by atoms with Gasteiger partial charge in [-0.2, -0.15) is 0 Å². The Bertz CT molecular complexity index is 553. The van der Waals surface area contributed by atoms with E-state index in [2.05, 4.69) is 11.6 Å². The summed E-state index contributed by atoms with van der Waals surface area (Å²) in [4.78, 5) is 0.285. The average molecular weight is 327 g/mol. The molecule has 0 spiro atoms. The molecular weight excluding hydrogens is 298 g/mol. The molecule has 0 aromatic heterocycles. The van der Waals surface area contributed by atoms with E-state index in [-0.39, 0.29) is 16.7 Å². The Morgan fingerprint density at radius 1 is 1.09 bits per heavy atom. The molecule has 0 aliphatic heterocycles. The zero-order valence-corrected chi connectivity index (χ0v) is 14.7. The molecule has 2 N–H and O–H groups in total. The Morgan fingerprint density at radius 3 is 2.36 bits per heavy atom. The molecule has 0 fully saturated rings. The normalized spacial score (nSPS) is 12.0. The average Bonchev–Trinajstić information content (AvgIpc) is 2.41. The SMILES string of the molecule is CCCCCCCCc1cc(O)ccc1S(=O)(=O)NC(C)C. The number of unbranched alkanes of at least 4 members (excludes halogenated alkanes) is 5. The van der Waals surface area contributed by atoms with Crippen molar-refractivity contribution in [3.05, 3.63) is 23.8 Å². The zero-order chi connectivity index (χ0) is 16.6. The van der Waals surface area contributed by atoms with Gasteiger partial charge >= 0.3 is 0 Å². The number of aromatic hydroxyl groups is 1. The number of benzene rings is 1. The summed E-state index contributed by atoms with van der Waals surface area (Å²) in [6.07, 6.45) is 7.59. The third-order valence-electron chi connectivity index (χ3n) is 3.52. The number of phenols is 1. The summed E-state index contributed by atoms with van der Waals surface area (Å²) < 4.78 is 27.3. The topological polar surface area (TPSA) is 66.4 Å². The van der Waals surface area contributed by atoms with E-state index in [1.807, 2.05) is 0 Å². The first-order valence-electron chi connectivity index (χ1n) is 8.21. The van der Waals surface area contributed by atoms with Crippen molar-refractivity contribution in [2.24, 2.45) is 0 Å². The van der Waals surface area contributed by atoms with Gasteiger partial charge in [0, 0.05) is 6.04 Å². The molecule has 0 atom stereocenters. The van der Waals surface area contributed by atoms with Crippen molar-refractivity contribution in [2.75, 3.05) is 0 Å². The monoisotopic (exact) mass is 327 g/mol. The van der Waals surface area contributed by atoms with Crippen molar-refractivity contribution in [1.82, 2.24) is 4.72 Å². The van der Waals surface area contributed by atoms with Gasteiger partial charge in [0.15, 0.2) is 0 Å². The molecule has 0 unspecified atom stereocenters. The molecule has 0 bridgehead atoms. The molecule has 22 heavy (non-hydrogen) atoms. The van der Waals surface area contributed by atoms with E-state index in [0.29, 0.717) is 12.0 Å². The molecule has 0 aliphatic carbocycles. The first kappa shape index (κ1) is 19.0. The number of aryl methyl sites for hydroxylation is 1. The fourth-order valence-electron chi connectivity index (χ4n) is 2.49. The molecule has 126 valence electrons. The summed E-state index contributed by atoms with van der Waals surface area (Å²) in [5.41, 5.74) is 0.698. The molecule has 0 saturated heterocycles. The van der Waals surface area contributed by atoms with Crippen LogP contribution in [0.3, 0.4) is 0 Å². The van der Waals surface area contributed by atoms with Gasteiger partial charge in [-0.15, -0.1) is 0 Å². The number of nitrogens with one attached hydrogen (secondary N) is 1. The smallest absolute Gasteiger partial charge is 0.241 e. The van der Waals surface area contributed by atoms with Gasteiger partial charge in [-0.05, 0) is 50.5 Å². The summed E-state index contributed by atoms with van der Waals surface area (Å²) in [6.45, 7) is 5.78. The summed E-state index contributed by atoms with van der Waals surface area (Å²) >= 11 is 0. The maximum absolute atomic E-state index is 12.4. The predicted molar refractivity (Wildman–Crippen MR) is 90.6 cm³/mol. The van der Waals surface area contributed by atoms with Gasteiger partial charge in [0.1, 0.15) is 5.75 Å². The van der Waals surface area contributed by atoms with E-state index in [1.165, 1.54) is 37.8 Å². The summed E-state index contributed by atoms with van der Waals surface area (Å²) in [7, 11) is -3.52. The van der Waals surface area contributed by atoms with Crippen LogP contribution in [0.15, 0.2) is 23.1 Å². The third-order valence-corrected chi connectivity index (χ3v) is 5.28. The number of phenolic OH excluding ortho intramolecular Hbond substituents is 1. The number of rotatable bonds is 10. The van der Waals surface area contributed by atoms with Gasteiger partial charge in [-0.3, -0.25) is 0 Å². The van der Waals surface area contributed by atoms with Crippen molar-refractivity contribution in [2.45, 2.75) is 76.7 Å². The lowest BCUT2D eigenvalue weighted by atomic mass is 10.0. The maximum atomic E-state index is 12.4. The first-order valence-corrected chi connectivity index (χ1v) is 9.69. The molecule has 0 amide bonds. The Morgan fingerprint density at radius 2 is 1.73 bits per heavy atom. The Balaban J connectivity index is 2.75. The largest absolute Gasteiger partial charge is 0.508 e. The number of hydrogen-bond acceptors (Lipinski definition) is 3. The van der Waals surface area contributed by atoms with Crippen molar-refractivity contribution < 1.29 is 13.5 Å². The number of sulfonamides is 1. The molecular formula is C17H29NO3S. The zero-order valence-electron chi connectivity index (χ0n) is 13.9. The van der Waals surface area contributed by atoms with E-state index < -0.39 is 10.0 Å². The summed E-state index contributed by atoms with van der Waals surface area (Å²) in [6, 6.07) is 4.34. The lowest BCUT2D eigenvalue weighted by Crippen LogP contribution is -2.30. The summed E-state index contributed by atoms with van der Waals surface area (Å²) in [5.74, 6) is 0.115. The van der Waals surface area contributed by atoms with E-state index in [1.54, 1.807) is 19.9 Å². The predicted octanol–water partition coefficient (Wildman–Crippen LogP) is 3.98. The van der Waals surface area contributed by atoms with Crippen molar-refractivity contribution in [3.8, 4) is 5.75 Å². The maximum Gasteiger partial charge on any atom is 0.241 e. The van der Waals surface area contributed by atoms with Crippen molar-refractivity contribution in [1.29, 1.82) is 0 Å². The van der Waals surface area contributed by atoms with Gasteiger partial charge in [0.25, 0.3) is 0 Å². The van der Waals surface area contributed by atoms with Crippen LogP contribution in [-0.2, 0) is 16.4 Å². The van der Waals surface area contributed by atoms with Gasteiger partial charge in [-0.1, -0.05) is 39.0 Å². The van der Waals surface area contributed by atoms with Crippen LogP contribution in [0, 0.1) is 0 Å². The lowest BCUT2D eigenvalue weighted by Gasteiger charge is -2.14. The minimum absolute atomic E-state index is 0.115. The van der Waals surface area contributed by atoms with Crippen LogP contribution in [0.5, 0.6) is 5.75 Å². The molecule has 0 aliphatic rings. The summed E-state index contributed by atoms with van der Waals surface area (Å²) in [5, 5.41) is 9.64. The van der Waals surface area contributed by atoms with E-state index >= 15 is 0 Å². The highest BCUT2D eigenvalue weighted by molar-refractivity contribution is 7.89. The van der Waals surface area contributed by atoms with Crippen LogP contribution in [0.1, 0.15) is 64.9 Å². The van der Waals surface area contributed by atoms with Gasteiger partial charge in [-0.25, -0.2) is 13.1 Å². The van der Waals surface area contributed by atoms with E-state index in [4.69, 9.17) is 0 Å². The van der Waals surface area contributed by atoms with Crippen LogP contribution in [-0.4, -0.2) is 19.6 Å². The fourth-order valence-corrected chi connectivity index (χ4v) is 3.99. The second-order valence-electron chi connectivity index (χ2n) is 6.09. The molecule has 0 heterocycles. The van der Waals surface area contributed by atoms with Gasteiger partial charge in [0.2, 0.25) is 10.0 Å². The van der Waals surface area contributed by atoms with Crippen LogP contribution < -0.4 is 4.72 Å². The van der Waals surface area contributed by atoms with Crippen molar-refractivity contribution >= 4 is 10.0 Å². The fraction of sp³-hybridized carbons (Fsp3) is 0.647. The second kappa shape index (κ2) is 9.16. The van der Waals surface area contributed by atoms with Crippen LogP contribution in [0.2, 0.25) is 0 Å². The molecule has 5 heteroatoms. The third kappa shape index (κ3) is 6.36. The van der Waals surface area contributed by atoms with Crippen molar-refractivity contribution in [3.63, 3.8) is 0 Å². The quantitative estimate of drug-likeness (QED) is 0.639. The van der Waals surface area contributed by atoms with Crippen LogP contribution in [0.25, 0.3) is 0 Å².